The van der Waals surface area contributed by atoms with Gasteiger partial charge in [0.25, 0.3) is 5.97 Å². The second-order valence-corrected chi connectivity index (χ2v) is 4.27. The second kappa shape index (κ2) is 10.1. The topological polar surface area (TPSA) is 207 Å². The summed E-state index contributed by atoms with van der Waals surface area (Å²) in [5, 5.41) is 15.8. The number of carboxylic acids is 2. The molecule has 1 atom stereocenters. The van der Waals surface area contributed by atoms with Crippen LogP contribution in [0.3, 0.4) is 0 Å². The Morgan fingerprint density at radius 3 is 2.05 bits per heavy atom. The predicted octanol–water partition coefficient (Wildman–Crippen LogP) is -1.47. The molecule has 1 heterocycles. The monoisotopic (exact) mass is 313 g/mol. The lowest BCUT2D eigenvalue weighted by Crippen LogP contribution is -2.32. The van der Waals surface area contributed by atoms with E-state index in [0.717, 1.165) is 6.92 Å². The molecule has 1 aromatic rings. The number of nitrogens with zero attached hydrogens (tertiary/aromatic N) is 1. The Balaban J connectivity index is 0. The van der Waals surface area contributed by atoms with Crippen molar-refractivity contribution >= 4 is 19.8 Å². The van der Waals surface area contributed by atoms with E-state index in [4.69, 9.17) is 40.0 Å². The van der Waals surface area contributed by atoms with Crippen LogP contribution < -0.4 is 5.73 Å². The Labute approximate surface area is 113 Å². The maximum Gasteiger partial charge on any atom is 0.466 e. The number of carbonyl (C=O) groups is 2. The molecular formula is C8H16N3O8P. The number of hydrogen-bond acceptors (Lipinski definition) is 5. The normalized spacial score (nSPS) is 11.2. The lowest BCUT2D eigenvalue weighted by Gasteiger charge is -2.01. The number of aliphatic carboxylic acids is 2. The van der Waals surface area contributed by atoms with E-state index < -0.39 is 25.8 Å². The fourth-order valence-electron chi connectivity index (χ4n) is 0.715. The molecule has 12 heteroatoms. The van der Waals surface area contributed by atoms with Crippen molar-refractivity contribution < 1.29 is 39.0 Å². The molecular weight excluding hydrogens is 297 g/mol. The third-order valence-corrected chi connectivity index (χ3v) is 1.30. The highest BCUT2D eigenvalue weighted by atomic mass is 31.2. The van der Waals surface area contributed by atoms with Gasteiger partial charge in [0.1, 0.15) is 6.04 Å². The van der Waals surface area contributed by atoms with Gasteiger partial charge in [-0.2, -0.15) is 0 Å². The molecule has 0 saturated carbocycles. The van der Waals surface area contributed by atoms with E-state index >= 15 is 0 Å². The molecule has 11 nitrogen and oxygen atoms in total. The van der Waals surface area contributed by atoms with Gasteiger partial charge in [0.15, 0.2) is 0 Å². The summed E-state index contributed by atoms with van der Waals surface area (Å²) in [7, 11) is -4.64. The quantitative estimate of drug-likeness (QED) is 0.322. The van der Waals surface area contributed by atoms with Crippen molar-refractivity contribution in [2.24, 2.45) is 5.73 Å². The Morgan fingerprint density at radius 2 is 1.80 bits per heavy atom. The molecule has 1 aromatic heterocycles. The number of nitrogens with two attached hydrogens (primary N) is 1. The number of rotatable bonds is 3. The summed E-state index contributed by atoms with van der Waals surface area (Å²) in [5.74, 6) is -1.84. The molecule has 0 aliphatic heterocycles. The molecule has 116 valence electrons. The molecule has 8 N–H and O–H groups in total. The zero-order valence-electron chi connectivity index (χ0n) is 10.4. The molecule has 0 aliphatic rings. The molecule has 0 unspecified atom stereocenters. The minimum atomic E-state index is -4.64. The zero-order valence-corrected chi connectivity index (χ0v) is 11.3. The lowest BCUT2D eigenvalue weighted by atomic mass is 10.2. The first-order chi connectivity index (χ1) is 8.93. The molecule has 0 radical (unpaired) electrons. The van der Waals surface area contributed by atoms with Crippen LogP contribution in [0.15, 0.2) is 12.5 Å². The molecule has 0 aromatic carbocycles. The third kappa shape index (κ3) is 21.5. The van der Waals surface area contributed by atoms with Gasteiger partial charge < -0.3 is 35.6 Å². The first kappa shape index (κ1) is 20.5. The molecule has 0 bridgehead atoms. The van der Waals surface area contributed by atoms with Crippen LogP contribution in [0.5, 0.6) is 0 Å². The number of H-pyrrole nitrogens is 1. The van der Waals surface area contributed by atoms with Crippen LogP contribution in [0.2, 0.25) is 0 Å². The van der Waals surface area contributed by atoms with E-state index in [2.05, 4.69) is 9.97 Å². The first-order valence-corrected chi connectivity index (χ1v) is 6.43. The fourth-order valence-corrected chi connectivity index (χ4v) is 0.715. The fraction of sp³-hybridized carbons (Fsp3) is 0.375. The number of aromatic amines is 1. The Bertz CT molecular complexity index is 430. The number of hydrogen-bond donors (Lipinski definition) is 7. The van der Waals surface area contributed by atoms with Gasteiger partial charge in [0.2, 0.25) is 0 Å². The molecule has 0 saturated heterocycles. The minimum Gasteiger partial charge on any atom is -0.481 e. The Hall–Kier alpha value is -1.78. The third-order valence-electron chi connectivity index (χ3n) is 1.30. The van der Waals surface area contributed by atoms with Crippen LogP contribution in [0.1, 0.15) is 12.6 Å². The van der Waals surface area contributed by atoms with E-state index in [1.165, 1.54) is 6.33 Å². The summed E-state index contributed by atoms with van der Waals surface area (Å²) in [5.41, 5.74) is 5.92. The van der Waals surface area contributed by atoms with Gasteiger partial charge in [-0.1, -0.05) is 0 Å². The predicted molar refractivity (Wildman–Crippen MR) is 65.5 cm³/mol. The van der Waals surface area contributed by atoms with E-state index in [9.17, 15) is 4.79 Å². The van der Waals surface area contributed by atoms with Gasteiger partial charge in [-0.3, -0.25) is 9.59 Å². The molecule has 0 spiro atoms. The van der Waals surface area contributed by atoms with Crippen molar-refractivity contribution in [3.05, 3.63) is 18.2 Å². The van der Waals surface area contributed by atoms with Crippen molar-refractivity contribution in [2.45, 2.75) is 19.4 Å². The molecule has 1 rings (SSSR count). The van der Waals surface area contributed by atoms with Gasteiger partial charge in [0, 0.05) is 19.5 Å². The Kier molecular flexibility index (Phi) is 10.3. The van der Waals surface area contributed by atoms with E-state index in [1.54, 1.807) is 6.20 Å². The van der Waals surface area contributed by atoms with Crippen molar-refractivity contribution in [3.8, 4) is 0 Å². The van der Waals surface area contributed by atoms with Gasteiger partial charge in [-0.25, -0.2) is 9.55 Å². The van der Waals surface area contributed by atoms with E-state index in [-0.39, 0.29) is 6.42 Å². The summed E-state index contributed by atoms with van der Waals surface area (Å²) >= 11 is 0. The van der Waals surface area contributed by atoms with E-state index in [1.807, 2.05) is 0 Å². The van der Waals surface area contributed by atoms with Crippen molar-refractivity contribution in [3.63, 3.8) is 0 Å². The largest absolute Gasteiger partial charge is 0.481 e. The van der Waals surface area contributed by atoms with Gasteiger partial charge in [-0.15, -0.1) is 0 Å². The molecule has 20 heavy (non-hydrogen) atoms. The summed E-state index contributed by atoms with van der Waals surface area (Å²) in [6.07, 6.45) is 3.38. The van der Waals surface area contributed by atoms with Gasteiger partial charge in [-0.05, 0) is 0 Å². The number of phosphoric acid groups is 1. The van der Waals surface area contributed by atoms with Gasteiger partial charge in [0.05, 0.1) is 12.0 Å². The SMILES string of the molecule is CC(=O)O.N[C@@H](Cc1c[nH]cn1)C(=O)O.O=P(O)(O)O. The number of carboxylic acid groups (broad SMARTS) is 2. The van der Waals surface area contributed by atoms with Crippen LogP contribution >= 0.6 is 7.82 Å². The Morgan fingerprint density at radius 1 is 1.40 bits per heavy atom. The summed E-state index contributed by atoms with van der Waals surface area (Å²) < 4.78 is 8.88. The second-order valence-electron chi connectivity index (χ2n) is 3.24. The zero-order chi connectivity index (χ0) is 16.3. The minimum absolute atomic E-state index is 0.263. The van der Waals surface area contributed by atoms with Gasteiger partial charge >= 0.3 is 13.8 Å². The van der Waals surface area contributed by atoms with Crippen LogP contribution in [0.4, 0.5) is 0 Å². The maximum atomic E-state index is 10.3. The first-order valence-electron chi connectivity index (χ1n) is 4.87. The van der Waals surface area contributed by atoms with Crippen LogP contribution in [0.25, 0.3) is 0 Å². The maximum absolute atomic E-state index is 10.3. The summed E-state index contributed by atoms with van der Waals surface area (Å²) in [6, 6.07) is -0.863. The number of nitrogens with one attached hydrogen (secondary N) is 1. The number of aromatic nitrogens is 2. The highest BCUT2D eigenvalue weighted by Gasteiger charge is 2.12. The van der Waals surface area contributed by atoms with Crippen molar-refractivity contribution in [1.29, 1.82) is 0 Å². The molecule has 0 aliphatic carbocycles. The standard InChI is InChI=1S/C6H9N3O2.C2H4O2.H3O4P/c7-5(6(10)11)1-4-2-8-3-9-4;1-2(3)4;1-5(2,3)4/h2-3,5H,1,7H2,(H,8,9)(H,10,11);1H3,(H,3,4);(H3,1,2,3,4)/t5-;;/m0../s1. The highest BCUT2D eigenvalue weighted by Crippen LogP contribution is 2.25. The average Bonchev–Trinajstić information content (AvgIpc) is 2.66. The van der Waals surface area contributed by atoms with Crippen LogP contribution in [-0.4, -0.2) is 52.8 Å². The van der Waals surface area contributed by atoms with Crippen molar-refractivity contribution in [2.75, 3.05) is 0 Å². The van der Waals surface area contributed by atoms with Crippen molar-refractivity contribution in [1.82, 2.24) is 9.97 Å². The smallest absolute Gasteiger partial charge is 0.466 e. The van der Waals surface area contributed by atoms with Crippen LogP contribution in [0, 0.1) is 0 Å². The van der Waals surface area contributed by atoms with Crippen LogP contribution in [-0.2, 0) is 20.6 Å². The van der Waals surface area contributed by atoms with E-state index in [0.29, 0.717) is 5.69 Å². The number of imidazole rings is 1. The summed E-state index contributed by atoms with van der Waals surface area (Å²) in [4.78, 5) is 47.4. The summed E-state index contributed by atoms with van der Waals surface area (Å²) in [6.45, 7) is 1.08. The lowest BCUT2D eigenvalue weighted by molar-refractivity contribution is -0.138. The highest BCUT2D eigenvalue weighted by molar-refractivity contribution is 7.45. The molecule has 0 fully saturated rings. The average molecular weight is 313 g/mol. The molecule has 0 amide bonds.